The van der Waals surface area contributed by atoms with E-state index >= 15 is 0 Å². The Kier molecular flexibility index (Phi) is 4.42. The number of carboxylic acid groups (broad SMARTS) is 1. The summed E-state index contributed by atoms with van der Waals surface area (Å²) in [5, 5.41) is 11.3. The van der Waals surface area contributed by atoms with Crippen LogP contribution in [0.2, 0.25) is 0 Å². The number of nitrogens with one attached hydrogen (secondary N) is 1. The molecule has 5 nitrogen and oxygen atoms in total. The largest absolute Gasteiger partial charge is 0.478 e. The summed E-state index contributed by atoms with van der Waals surface area (Å²) in [6.45, 7) is 3.50. The first-order chi connectivity index (χ1) is 8.04. The molecule has 1 aromatic rings. The van der Waals surface area contributed by atoms with Gasteiger partial charge in [0.15, 0.2) is 0 Å². The Morgan fingerprint density at radius 2 is 2.00 bits per heavy atom. The first kappa shape index (κ1) is 12.9. The molecule has 0 aliphatic carbocycles. The van der Waals surface area contributed by atoms with Crippen LogP contribution in [0.5, 0.6) is 0 Å². The summed E-state index contributed by atoms with van der Waals surface area (Å²) in [5.41, 5.74) is 6.25. The molecule has 0 spiro atoms. The van der Waals surface area contributed by atoms with Gasteiger partial charge in [-0.05, 0) is 30.7 Å². The molecule has 0 aromatic heterocycles. The van der Waals surface area contributed by atoms with Crippen LogP contribution in [0.3, 0.4) is 0 Å². The van der Waals surface area contributed by atoms with Gasteiger partial charge < -0.3 is 16.2 Å². The Bertz CT molecular complexity index is 426. The maximum atomic E-state index is 11.5. The number of hydrogen-bond donors (Lipinski definition) is 3. The molecule has 0 saturated heterocycles. The third-order valence-electron chi connectivity index (χ3n) is 2.16. The van der Waals surface area contributed by atoms with Crippen molar-refractivity contribution in [1.29, 1.82) is 0 Å². The number of benzene rings is 1. The molecule has 0 heterocycles. The summed E-state index contributed by atoms with van der Waals surface area (Å²) in [5.74, 6) is -1.33. The molecule has 0 bridgehead atoms. The van der Waals surface area contributed by atoms with Crippen LogP contribution < -0.4 is 11.1 Å². The van der Waals surface area contributed by atoms with E-state index in [4.69, 9.17) is 10.8 Å². The lowest BCUT2D eigenvalue weighted by atomic mass is 10.2. The van der Waals surface area contributed by atoms with E-state index in [1.165, 1.54) is 24.3 Å². The third kappa shape index (κ3) is 3.73. The second-order valence-electron chi connectivity index (χ2n) is 3.50. The van der Waals surface area contributed by atoms with Crippen molar-refractivity contribution in [3.05, 3.63) is 42.5 Å². The number of rotatable bonds is 5. The zero-order valence-corrected chi connectivity index (χ0v) is 9.22. The third-order valence-corrected chi connectivity index (χ3v) is 2.16. The van der Waals surface area contributed by atoms with Crippen molar-refractivity contribution in [2.75, 3.05) is 5.32 Å². The van der Waals surface area contributed by atoms with Gasteiger partial charge in [0.05, 0.1) is 11.6 Å². The molecule has 0 aliphatic heterocycles. The lowest BCUT2D eigenvalue weighted by Gasteiger charge is -2.10. The molecular weight excluding hydrogens is 220 g/mol. The van der Waals surface area contributed by atoms with E-state index in [1.54, 1.807) is 6.08 Å². The zero-order valence-electron chi connectivity index (χ0n) is 9.22. The van der Waals surface area contributed by atoms with Crippen LogP contribution in [0, 0.1) is 0 Å². The van der Waals surface area contributed by atoms with Crippen LogP contribution in [0.1, 0.15) is 16.8 Å². The molecule has 5 heteroatoms. The molecule has 0 fully saturated rings. The van der Waals surface area contributed by atoms with Crippen molar-refractivity contribution in [3.8, 4) is 0 Å². The molecule has 17 heavy (non-hydrogen) atoms. The minimum absolute atomic E-state index is 0.165. The van der Waals surface area contributed by atoms with Crippen LogP contribution in [0.15, 0.2) is 36.9 Å². The number of hydrogen-bond acceptors (Lipinski definition) is 3. The number of amides is 1. The molecule has 90 valence electrons. The van der Waals surface area contributed by atoms with E-state index in [0.29, 0.717) is 12.1 Å². The second kappa shape index (κ2) is 5.81. The number of anilines is 1. The fourth-order valence-corrected chi connectivity index (χ4v) is 1.22. The van der Waals surface area contributed by atoms with Crippen LogP contribution in [-0.4, -0.2) is 23.0 Å². The first-order valence-corrected chi connectivity index (χ1v) is 5.05. The topological polar surface area (TPSA) is 92.4 Å². The van der Waals surface area contributed by atoms with E-state index in [0.717, 1.165) is 0 Å². The molecule has 0 saturated carbocycles. The van der Waals surface area contributed by atoms with E-state index < -0.39 is 12.0 Å². The van der Waals surface area contributed by atoms with Gasteiger partial charge in [-0.25, -0.2) is 4.79 Å². The summed E-state index contributed by atoms with van der Waals surface area (Å²) in [7, 11) is 0. The highest BCUT2D eigenvalue weighted by molar-refractivity contribution is 5.95. The van der Waals surface area contributed by atoms with Gasteiger partial charge in [0.1, 0.15) is 0 Å². The number of carbonyl (C=O) groups is 2. The summed E-state index contributed by atoms with van der Waals surface area (Å²) < 4.78 is 0. The molecule has 1 unspecified atom stereocenters. The second-order valence-corrected chi connectivity index (χ2v) is 3.50. The smallest absolute Gasteiger partial charge is 0.335 e. The fraction of sp³-hybridized carbons (Fsp3) is 0.167. The molecule has 1 rings (SSSR count). The summed E-state index contributed by atoms with van der Waals surface area (Å²) in [4.78, 5) is 22.1. The lowest BCUT2D eigenvalue weighted by molar-refractivity contribution is -0.117. The van der Waals surface area contributed by atoms with Crippen LogP contribution >= 0.6 is 0 Å². The van der Waals surface area contributed by atoms with E-state index in [2.05, 4.69) is 11.9 Å². The van der Waals surface area contributed by atoms with E-state index in [9.17, 15) is 9.59 Å². The predicted octanol–water partition coefficient (Wildman–Crippen LogP) is 1.23. The van der Waals surface area contributed by atoms with E-state index in [1.807, 2.05) is 0 Å². The normalized spacial score (nSPS) is 11.6. The van der Waals surface area contributed by atoms with Gasteiger partial charge in [-0.15, -0.1) is 6.58 Å². The average Bonchev–Trinajstić information content (AvgIpc) is 2.30. The van der Waals surface area contributed by atoms with Crippen molar-refractivity contribution in [2.45, 2.75) is 12.5 Å². The van der Waals surface area contributed by atoms with Gasteiger partial charge in [-0.2, -0.15) is 0 Å². The molecule has 1 atom stereocenters. The average molecular weight is 234 g/mol. The minimum atomic E-state index is -1.01. The molecule has 4 N–H and O–H groups in total. The molecule has 1 amide bonds. The number of carboxylic acids is 1. The highest BCUT2D eigenvalue weighted by Crippen LogP contribution is 2.10. The van der Waals surface area contributed by atoms with Gasteiger partial charge in [-0.1, -0.05) is 6.08 Å². The van der Waals surface area contributed by atoms with Crippen LogP contribution in [0.25, 0.3) is 0 Å². The monoisotopic (exact) mass is 234 g/mol. The number of carbonyl (C=O) groups excluding carboxylic acids is 1. The van der Waals surface area contributed by atoms with Crippen molar-refractivity contribution in [3.63, 3.8) is 0 Å². The van der Waals surface area contributed by atoms with Crippen LogP contribution in [-0.2, 0) is 4.79 Å². The van der Waals surface area contributed by atoms with Gasteiger partial charge >= 0.3 is 5.97 Å². The van der Waals surface area contributed by atoms with Crippen molar-refractivity contribution < 1.29 is 14.7 Å². The molecular formula is C12H14N2O3. The Balaban J connectivity index is 2.66. The van der Waals surface area contributed by atoms with E-state index in [-0.39, 0.29) is 11.5 Å². The molecule has 1 aromatic carbocycles. The summed E-state index contributed by atoms with van der Waals surface area (Å²) >= 11 is 0. The van der Waals surface area contributed by atoms with Crippen LogP contribution in [0.4, 0.5) is 5.69 Å². The Hall–Kier alpha value is -2.14. The Morgan fingerprint density at radius 3 is 2.47 bits per heavy atom. The maximum Gasteiger partial charge on any atom is 0.335 e. The van der Waals surface area contributed by atoms with Gasteiger partial charge in [-0.3, -0.25) is 4.79 Å². The first-order valence-electron chi connectivity index (χ1n) is 5.05. The molecule has 0 aliphatic rings. The highest BCUT2D eigenvalue weighted by Gasteiger charge is 2.11. The van der Waals surface area contributed by atoms with Crippen molar-refractivity contribution >= 4 is 17.6 Å². The van der Waals surface area contributed by atoms with Crippen molar-refractivity contribution in [2.24, 2.45) is 5.73 Å². The predicted molar refractivity (Wildman–Crippen MR) is 64.8 cm³/mol. The van der Waals surface area contributed by atoms with Gasteiger partial charge in [0.2, 0.25) is 5.91 Å². The van der Waals surface area contributed by atoms with Gasteiger partial charge in [0, 0.05) is 5.69 Å². The number of nitrogens with two attached hydrogens (primary N) is 1. The highest BCUT2D eigenvalue weighted by atomic mass is 16.4. The fourth-order valence-electron chi connectivity index (χ4n) is 1.22. The summed E-state index contributed by atoms with van der Waals surface area (Å²) in [6, 6.07) is 5.21. The standard InChI is InChI=1S/C12H14N2O3/c1-2-3-10(13)11(15)14-9-6-4-8(5-7-9)12(16)17/h2,4-7,10H,1,3,13H2,(H,14,15)(H,16,17). The lowest BCUT2D eigenvalue weighted by Crippen LogP contribution is -2.35. The SMILES string of the molecule is C=CCC(N)C(=O)Nc1ccc(C(=O)O)cc1. The summed E-state index contributed by atoms with van der Waals surface area (Å²) in [6.07, 6.45) is 1.96. The maximum absolute atomic E-state index is 11.5. The Labute approximate surface area is 98.9 Å². The zero-order chi connectivity index (χ0) is 12.8. The number of aromatic carboxylic acids is 1. The van der Waals surface area contributed by atoms with Crippen molar-refractivity contribution in [1.82, 2.24) is 0 Å². The quantitative estimate of drug-likeness (QED) is 0.668. The minimum Gasteiger partial charge on any atom is -0.478 e. The van der Waals surface area contributed by atoms with Gasteiger partial charge in [0.25, 0.3) is 0 Å². The molecule has 0 radical (unpaired) electrons. The Morgan fingerprint density at radius 1 is 1.41 bits per heavy atom.